The van der Waals surface area contributed by atoms with E-state index in [0.29, 0.717) is 27.4 Å². The van der Waals surface area contributed by atoms with Crippen LogP contribution in [0.25, 0.3) is 10.2 Å². The second-order valence-electron chi connectivity index (χ2n) is 5.78. The minimum Gasteiger partial charge on any atom is -0.455 e. The van der Waals surface area contributed by atoms with E-state index in [1.807, 2.05) is 36.4 Å². The zero-order valence-corrected chi connectivity index (χ0v) is 15.0. The maximum atomic E-state index is 12.5. The van der Waals surface area contributed by atoms with Crippen molar-refractivity contribution in [2.45, 2.75) is 6.54 Å². The number of hydrogen-bond acceptors (Lipinski definition) is 5. The Morgan fingerprint density at radius 3 is 2.70 bits per heavy atom. The summed E-state index contributed by atoms with van der Waals surface area (Å²) in [6.45, 7) is -0.128. The van der Waals surface area contributed by atoms with E-state index in [0.717, 1.165) is 0 Å². The molecule has 0 spiro atoms. The first-order valence-electron chi connectivity index (χ1n) is 8.25. The molecule has 134 valence electrons. The molecule has 0 aliphatic rings. The lowest BCUT2D eigenvalue weighted by molar-refractivity contribution is -0.116. The number of amides is 1. The third kappa shape index (κ3) is 3.73. The fraction of sp³-hybridized carbons (Fsp3) is 0.0500. The summed E-state index contributed by atoms with van der Waals surface area (Å²) in [6.07, 6.45) is 1.40. The number of ether oxygens (including phenoxy) is 1. The minimum absolute atomic E-state index is 0.128. The number of hydrogen-bond donors (Lipinski definition) is 1. The molecule has 0 fully saturated rings. The average molecular weight is 377 g/mol. The van der Waals surface area contributed by atoms with Crippen LogP contribution < -0.4 is 15.6 Å². The van der Waals surface area contributed by atoms with Crippen molar-refractivity contribution in [3.8, 4) is 11.5 Å². The number of fused-ring (bicyclic) bond motifs is 1. The Balaban J connectivity index is 1.53. The highest BCUT2D eigenvalue weighted by molar-refractivity contribution is 7.16. The quantitative estimate of drug-likeness (QED) is 0.573. The number of benzene rings is 2. The molecule has 2 heterocycles. The van der Waals surface area contributed by atoms with Gasteiger partial charge in [-0.3, -0.25) is 14.2 Å². The van der Waals surface area contributed by atoms with E-state index in [2.05, 4.69) is 10.3 Å². The van der Waals surface area contributed by atoms with Gasteiger partial charge >= 0.3 is 0 Å². The Morgan fingerprint density at radius 2 is 1.85 bits per heavy atom. The van der Waals surface area contributed by atoms with E-state index in [1.165, 1.54) is 22.2 Å². The van der Waals surface area contributed by atoms with E-state index in [4.69, 9.17) is 4.74 Å². The molecule has 1 amide bonds. The smallest absolute Gasteiger partial charge is 0.262 e. The highest BCUT2D eigenvalue weighted by Gasteiger charge is 2.11. The van der Waals surface area contributed by atoms with Crippen molar-refractivity contribution in [1.82, 2.24) is 9.55 Å². The van der Waals surface area contributed by atoms with Crippen LogP contribution in [0.5, 0.6) is 11.5 Å². The molecule has 0 radical (unpaired) electrons. The molecule has 0 saturated heterocycles. The third-order valence-corrected chi connectivity index (χ3v) is 4.72. The summed E-state index contributed by atoms with van der Waals surface area (Å²) < 4.78 is 7.13. The molecule has 0 unspecified atom stereocenters. The zero-order chi connectivity index (χ0) is 18.6. The number of rotatable bonds is 5. The molecule has 2 aromatic carbocycles. The van der Waals surface area contributed by atoms with Gasteiger partial charge in [-0.05, 0) is 35.7 Å². The Kier molecular flexibility index (Phi) is 4.67. The summed E-state index contributed by atoms with van der Waals surface area (Å²) in [5, 5.41) is 5.12. The van der Waals surface area contributed by atoms with Crippen LogP contribution in [0.15, 0.2) is 77.2 Å². The second kappa shape index (κ2) is 7.43. The number of carbonyl (C=O) groups excluding carboxylic acids is 1. The van der Waals surface area contributed by atoms with Crippen molar-refractivity contribution in [1.29, 1.82) is 0 Å². The number of thiophene rings is 1. The van der Waals surface area contributed by atoms with Crippen molar-refractivity contribution in [3.63, 3.8) is 0 Å². The zero-order valence-electron chi connectivity index (χ0n) is 14.2. The first kappa shape index (κ1) is 17.0. The lowest BCUT2D eigenvalue weighted by atomic mass is 10.3. The molecule has 0 bridgehead atoms. The molecule has 2 aromatic heterocycles. The van der Waals surface area contributed by atoms with Crippen LogP contribution in [0.2, 0.25) is 0 Å². The molecular formula is C20H15N3O3S. The molecule has 27 heavy (non-hydrogen) atoms. The maximum absolute atomic E-state index is 12.5. The Morgan fingerprint density at radius 1 is 1.07 bits per heavy atom. The van der Waals surface area contributed by atoms with Crippen LogP contribution in [0.3, 0.4) is 0 Å². The molecule has 0 saturated carbocycles. The normalized spacial score (nSPS) is 10.7. The lowest BCUT2D eigenvalue weighted by Crippen LogP contribution is -2.27. The van der Waals surface area contributed by atoms with Gasteiger partial charge in [0.25, 0.3) is 5.56 Å². The van der Waals surface area contributed by atoms with E-state index < -0.39 is 0 Å². The van der Waals surface area contributed by atoms with E-state index in [9.17, 15) is 9.59 Å². The van der Waals surface area contributed by atoms with Gasteiger partial charge in [-0.25, -0.2) is 4.98 Å². The van der Waals surface area contributed by atoms with Crippen LogP contribution >= 0.6 is 11.3 Å². The molecule has 4 aromatic rings. The fourth-order valence-corrected chi connectivity index (χ4v) is 3.35. The van der Waals surface area contributed by atoms with Gasteiger partial charge in [0.2, 0.25) is 5.91 Å². The monoisotopic (exact) mass is 377 g/mol. The predicted molar refractivity (Wildman–Crippen MR) is 105 cm³/mol. The average Bonchev–Trinajstić information content (AvgIpc) is 3.16. The number of para-hydroxylation sites is 3. The highest BCUT2D eigenvalue weighted by atomic mass is 32.1. The Labute approximate surface area is 158 Å². The SMILES string of the molecule is O=C(Cn1cnc2sccc2c1=O)Nc1ccccc1Oc1ccccc1. The number of anilines is 1. The van der Waals surface area contributed by atoms with E-state index >= 15 is 0 Å². The molecule has 7 heteroatoms. The van der Waals surface area contributed by atoms with Crippen LogP contribution in [0.1, 0.15) is 0 Å². The molecule has 1 N–H and O–H groups in total. The van der Waals surface area contributed by atoms with Crippen molar-refractivity contribution < 1.29 is 9.53 Å². The summed E-state index contributed by atoms with van der Waals surface area (Å²) in [5.74, 6) is 0.857. The minimum atomic E-state index is -0.336. The van der Waals surface area contributed by atoms with Gasteiger partial charge in [0.05, 0.1) is 17.4 Å². The van der Waals surface area contributed by atoms with Gasteiger partial charge in [-0.15, -0.1) is 11.3 Å². The predicted octanol–water partition coefficient (Wildman–Crippen LogP) is 3.89. The van der Waals surface area contributed by atoms with Gasteiger partial charge in [0.1, 0.15) is 17.1 Å². The topological polar surface area (TPSA) is 73.2 Å². The van der Waals surface area contributed by atoms with Gasteiger partial charge in [0, 0.05) is 0 Å². The van der Waals surface area contributed by atoms with Crippen LogP contribution in [0.4, 0.5) is 5.69 Å². The Hall–Kier alpha value is -3.45. The van der Waals surface area contributed by atoms with Crippen molar-refractivity contribution >= 4 is 33.1 Å². The summed E-state index contributed by atoms with van der Waals surface area (Å²) in [5.41, 5.74) is 0.300. The van der Waals surface area contributed by atoms with Gasteiger partial charge < -0.3 is 10.1 Å². The molecular weight excluding hydrogens is 362 g/mol. The fourth-order valence-electron chi connectivity index (χ4n) is 2.62. The van der Waals surface area contributed by atoms with Gasteiger partial charge in [0.15, 0.2) is 5.75 Å². The van der Waals surface area contributed by atoms with E-state index in [-0.39, 0.29) is 18.0 Å². The summed E-state index contributed by atoms with van der Waals surface area (Å²) in [4.78, 5) is 29.7. The van der Waals surface area contributed by atoms with E-state index in [1.54, 1.807) is 29.6 Å². The van der Waals surface area contributed by atoms with Crippen molar-refractivity contribution in [2.75, 3.05) is 5.32 Å². The maximum Gasteiger partial charge on any atom is 0.262 e. The Bertz CT molecular complexity index is 1150. The standard InChI is InChI=1S/C20H15N3O3S/c24-18(12-23-13-21-19-15(20(23)25)10-11-27-19)22-16-8-4-5-9-17(16)26-14-6-2-1-3-7-14/h1-11,13H,12H2,(H,22,24). The molecule has 0 aliphatic carbocycles. The molecule has 6 nitrogen and oxygen atoms in total. The van der Waals surface area contributed by atoms with Gasteiger partial charge in [-0.2, -0.15) is 0 Å². The second-order valence-corrected chi connectivity index (χ2v) is 6.67. The summed E-state index contributed by atoms with van der Waals surface area (Å²) in [7, 11) is 0. The first-order chi connectivity index (χ1) is 13.2. The van der Waals surface area contributed by atoms with Crippen molar-refractivity contribution in [2.24, 2.45) is 0 Å². The van der Waals surface area contributed by atoms with Gasteiger partial charge in [-0.1, -0.05) is 30.3 Å². The number of carbonyl (C=O) groups is 1. The van der Waals surface area contributed by atoms with Crippen LogP contribution in [0, 0.1) is 0 Å². The highest BCUT2D eigenvalue weighted by Crippen LogP contribution is 2.29. The number of nitrogens with one attached hydrogen (secondary N) is 1. The third-order valence-electron chi connectivity index (χ3n) is 3.90. The largest absolute Gasteiger partial charge is 0.455 e. The first-order valence-corrected chi connectivity index (χ1v) is 9.13. The number of nitrogens with zero attached hydrogens (tertiary/aromatic N) is 2. The van der Waals surface area contributed by atoms with Crippen LogP contribution in [-0.2, 0) is 11.3 Å². The summed E-state index contributed by atoms with van der Waals surface area (Å²) in [6, 6.07) is 18.2. The summed E-state index contributed by atoms with van der Waals surface area (Å²) >= 11 is 1.39. The molecule has 0 atom stereocenters. The number of aromatic nitrogens is 2. The lowest BCUT2D eigenvalue weighted by Gasteiger charge is -2.12. The van der Waals surface area contributed by atoms with Crippen LogP contribution in [-0.4, -0.2) is 15.5 Å². The molecule has 4 rings (SSSR count). The molecule has 0 aliphatic heterocycles. The van der Waals surface area contributed by atoms with Crippen molar-refractivity contribution in [3.05, 3.63) is 82.7 Å².